The number of hydrogen-bond acceptors (Lipinski definition) is 4. The number of allylic oxidation sites excluding steroid dienone is 3. The SMILES string of the molecule is CC1=C(O)C(=O)C2C(C1=O)[C@@H]([C@@H](C)C/C=C/C(C)(C)O)CC[C@@H]2C. The van der Waals surface area contributed by atoms with Crippen LogP contribution >= 0.6 is 0 Å². The van der Waals surface area contributed by atoms with Crippen molar-refractivity contribution in [1.82, 2.24) is 0 Å². The van der Waals surface area contributed by atoms with E-state index < -0.39 is 5.60 Å². The lowest BCUT2D eigenvalue weighted by molar-refractivity contribution is -0.140. The Morgan fingerprint density at radius 1 is 1.21 bits per heavy atom. The maximum absolute atomic E-state index is 12.8. The molecule has 0 aromatic heterocycles. The molecule has 0 aromatic carbocycles. The minimum atomic E-state index is -0.842. The van der Waals surface area contributed by atoms with Crippen molar-refractivity contribution in [3.63, 3.8) is 0 Å². The van der Waals surface area contributed by atoms with Gasteiger partial charge in [-0.25, -0.2) is 0 Å². The Morgan fingerprint density at radius 3 is 2.42 bits per heavy atom. The maximum Gasteiger partial charge on any atom is 0.201 e. The zero-order chi connectivity index (χ0) is 18.2. The van der Waals surface area contributed by atoms with Gasteiger partial charge in [0, 0.05) is 17.4 Å². The molecular weight excluding hydrogens is 304 g/mol. The number of aliphatic hydroxyl groups is 2. The quantitative estimate of drug-likeness (QED) is 0.770. The molecular formula is C20H30O4. The number of Topliss-reactive ketones (excluding diaryl/α,β-unsaturated/α-hetero) is 2. The second-order valence-electron chi connectivity index (χ2n) is 8.24. The van der Waals surface area contributed by atoms with Crippen molar-refractivity contribution in [2.75, 3.05) is 0 Å². The highest BCUT2D eigenvalue weighted by molar-refractivity contribution is 6.12. The molecule has 134 valence electrons. The van der Waals surface area contributed by atoms with Gasteiger partial charge in [-0.2, -0.15) is 0 Å². The van der Waals surface area contributed by atoms with E-state index in [2.05, 4.69) is 6.92 Å². The average Bonchev–Trinajstić information content (AvgIpc) is 2.49. The van der Waals surface area contributed by atoms with E-state index in [-0.39, 0.29) is 52.5 Å². The Bertz CT molecular complexity index is 579. The van der Waals surface area contributed by atoms with Crippen molar-refractivity contribution in [3.05, 3.63) is 23.5 Å². The monoisotopic (exact) mass is 334 g/mol. The summed E-state index contributed by atoms with van der Waals surface area (Å²) in [5.41, 5.74) is -0.620. The van der Waals surface area contributed by atoms with Crippen molar-refractivity contribution in [1.29, 1.82) is 0 Å². The largest absolute Gasteiger partial charge is 0.504 e. The van der Waals surface area contributed by atoms with Crippen molar-refractivity contribution in [3.8, 4) is 0 Å². The standard InChI is InChI=1S/C20H30O4/c1-11(7-6-10-20(4,5)24)14-9-8-12(2)15-16(14)17(21)13(3)18(22)19(15)23/h6,10-12,14-16,22,24H,7-9H2,1-5H3/b10-6+/t11-,12-,14+,15?,16?/m0/s1. The highest BCUT2D eigenvalue weighted by Gasteiger charge is 2.51. The van der Waals surface area contributed by atoms with Crippen LogP contribution in [0, 0.1) is 29.6 Å². The van der Waals surface area contributed by atoms with Crippen LogP contribution in [0.15, 0.2) is 23.5 Å². The van der Waals surface area contributed by atoms with Gasteiger partial charge in [0.15, 0.2) is 11.5 Å². The normalized spacial score (nSPS) is 33.1. The molecule has 4 nitrogen and oxygen atoms in total. The third kappa shape index (κ3) is 3.64. The fourth-order valence-corrected chi connectivity index (χ4v) is 4.31. The van der Waals surface area contributed by atoms with Gasteiger partial charge < -0.3 is 10.2 Å². The van der Waals surface area contributed by atoms with E-state index in [4.69, 9.17) is 0 Å². The molecule has 1 fully saturated rings. The number of fused-ring (bicyclic) bond motifs is 1. The van der Waals surface area contributed by atoms with E-state index in [1.807, 2.05) is 13.0 Å². The summed E-state index contributed by atoms with van der Waals surface area (Å²) in [5.74, 6) is -0.852. The summed E-state index contributed by atoms with van der Waals surface area (Å²) < 4.78 is 0. The Labute approximate surface area is 144 Å². The zero-order valence-corrected chi connectivity index (χ0v) is 15.4. The van der Waals surface area contributed by atoms with Crippen LogP contribution in [0.25, 0.3) is 0 Å². The molecule has 5 atom stereocenters. The van der Waals surface area contributed by atoms with Crippen LogP contribution in [0.4, 0.5) is 0 Å². The molecule has 0 aromatic rings. The zero-order valence-electron chi connectivity index (χ0n) is 15.4. The third-order valence-corrected chi connectivity index (χ3v) is 5.74. The molecule has 2 rings (SSSR count). The first-order valence-electron chi connectivity index (χ1n) is 8.93. The summed E-state index contributed by atoms with van der Waals surface area (Å²) in [6.07, 6.45) is 6.33. The van der Waals surface area contributed by atoms with Gasteiger partial charge in [0.1, 0.15) is 0 Å². The summed E-state index contributed by atoms with van der Waals surface area (Å²) in [4.78, 5) is 25.3. The van der Waals surface area contributed by atoms with Crippen LogP contribution in [0.3, 0.4) is 0 Å². The van der Waals surface area contributed by atoms with Crippen LogP contribution in [-0.2, 0) is 9.59 Å². The summed E-state index contributed by atoms with van der Waals surface area (Å²) >= 11 is 0. The fraction of sp³-hybridized carbons (Fsp3) is 0.700. The fourth-order valence-electron chi connectivity index (χ4n) is 4.31. The molecule has 0 spiro atoms. The molecule has 1 saturated carbocycles. The smallest absolute Gasteiger partial charge is 0.201 e. The number of hydrogen-bond donors (Lipinski definition) is 2. The van der Waals surface area contributed by atoms with Crippen molar-refractivity contribution < 1.29 is 19.8 Å². The number of aliphatic hydroxyl groups excluding tert-OH is 1. The van der Waals surface area contributed by atoms with Gasteiger partial charge in [0.2, 0.25) is 5.78 Å². The summed E-state index contributed by atoms with van der Waals surface area (Å²) in [5, 5.41) is 19.8. The van der Waals surface area contributed by atoms with Crippen molar-refractivity contribution >= 4 is 11.6 Å². The molecule has 0 saturated heterocycles. The summed E-state index contributed by atoms with van der Waals surface area (Å²) in [6, 6.07) is 0. The molecule has 24 heavy (non-hydrogen) atoms. The van der Waals surface area contributed by atoms with Crippen LogP contribution in [0.1, 0.15) is 53.9 Å². The Kier molecular flexibility index (Phi) is 5.38. The van der Waals surface area contributed by atoms with Gasteiger partial charge >= 0.3 is 0 Å². The van der Waals surface area contributed by atoms with E-state index in [1.54, 1.807) is 26.8 Å². The average molecular weight is 334 g/mol. The Hall–Kier alpha value is -1.42. The van der Waals surface area contributed by atoms with Crippen molar-refractivity contribution in [2.24, 2.45) is 29.6 Å². The second-order valence-corrected chi connectivity index (χ2v) is 8.24. The predicted octanol–water partition coefficient (Wildman–Crippen LogP) is 3.60. The number of carbonyl (C=O) groups excluding carboxylic acids is 2. The molecule has 0 bridgehead atoms. The Morgan fingerprint density at radius 2 is 1.83 bits per heavy atom. The van der Waals surface area contributed by atoms with E-state index in [9.17, 15) is 19.8 Å². The molecule has 0 aliphatic heterocycles. The van der Waals surface area contributed by atoms with Gasteiger partial charge in [0.05, 0.1) is 5.60 Å². The van der Waals surface area contributed by atoms with Gasteiger partial charge in [-0.3, -0.25) is 9.59 Å². The minimum Gasteiger partial charge on any atom is -0.504 e. The second kappa shape index (κ2) is 6.83. The molecule has 2 unspecified atom stereocenters. The number of carbonyl (C=O) groups is 2. The topological polar surface area (TPSA) is 74.6 Å². The molecule has 0 amide bonds. The molecule has 2 aliphatic rings. The van der Waals surface area contributed by atoms with Crippen LogP contribution in [0.5, 0.6) is 0 Å². The lowest BCUT2D eigenvalue weighted by Crippen LogP contribution is -2.48. The van der Waals surface area contributed by atoms with Gasteiger partial charge in [-0.15, -0.1) is 0 Å². The van der Waals surface area contributed by atoms with E-state index in [0.29, 0.717) is 0 Å². The van der Waals surface area contributed by atoms with Gasteiger partial charge in [-0.1, -0.05) is 26.0 Å². The molecule has 4 heteroatoms. The maximum atomic E-state index is 12.8. The summed E-state index contributed by atoms with van der Waals surface area (Å²) in [7, 11) is 0. The van der Waals surface area contributed by atoms with Gasteiger partial charge in [-0.05, 0) is 57.8 Å². The van der Waals surface area contributed by atoms with Crippen LogP contribution in [0.2, 0.25) is 0 Å². The van der Waals surface area contributed by atoms with Crippen LogP contribution < -0.4 is 0 Å². The third-order valence-electron chi connectivity index (χ3n) is 5.74. The minimum absolute atomic E-state index is 0.0630. The molecule has 0 radical (unpaired) electrons. The first-order chi connectivity index (χ1) is 11.0. The van der Waals surface area contributed by atoms with E-state index in [1.165, 1.54) is 0 Å². The van der Waals surface area contributed by atoms with Crippen molar-refractivity contribution in [2.45, 2.75) is 59.5 Å². The summed E-state index contributed by atoms with van der Waals surface area (Å²) in [6.45, 7) is 9.13. The first-order valence-corrected chi connectivity index (χ1v) is 8.93. The number of rotatable bonds is 4. The highest BCUT2D eigenvalue weighted by Crippen LogP contribution is 2.47. The lowest BCUT2D eigenvalue weighted by Gasteiger charge is -2.44. The molecule has 2 aliphatic carbocycles. The predicted molar refractivity (Wildman–Crippen MR) is 93.4 cm³/mol. The van der Waals surface area contributed by atoms with E-state index >= 15 is 0 Å². The highest BCUT2D eigenvalue weighted by atomic mass is 16.3. The van der Waals surface area contributed by atoms with Crippen LogP contribution in [-0.4, -0.2) is 27.4 Å². The number of ketones is 2. The van der Waals surface area contributed by atoms with Gasteiger partial charge in [0.25, 0.3) is 0 Å². The molecule has 2 N–H and O–H groups in total. The molecule has 0 heterocycles. The Balaban J connectivity index is 2.24. The first kappa shape index (κ1) is 18.9. The van der Waals surface area contributed by atoms with E-state index in [0.717, 1.165) is 19.3 Å². The lowest BCUT2D eigenvalue weighted by atomic mass is 9.58.